The molecule has 0 radical (unpaired) electrons. The van der Waals surface area contributed by atoms with Crippen LogP contribution in [0.3, 0.4) is 0 Å². The Morgan fingerprint density at radius 2 is 2.00 bits per heavy atom. The molecular weight excluding hydrogens is 356 g/mol. The van der Waals surface area contributed by atoms with E-state index in [1.807, 2.05) is 4.90 Å². The number of benzene rings is 1. The Hall–Kier alpha value is -2.08. The number of likely N-dealkylation sites (tertiary alicyclic amines) is 1. The van der Waals surface area contributed by atoms with E-state index >= 15 is 0 Å². The quantitative estimate of drug-likeness (QED) is 0.634. The van der Waals surface area contributed by atoms with E-state index in [-0.39, 0.29) is 5.91 Å². The maximum atomic E-state index is 12.7. The summed E-state index contributed by atoms with van der Waals surface area (Å²) in [5.74, 6) is 0.611. The lowest BCUT2D eigenvalue weighted by atomic mass is 10.0. The van der Waals surface area contributed by atoms with Crippen LogP contribution in [0.5, 0.6) is 0 Å². The second-order valence-corrected chi connectivity index (χ2v) is 8.58. The van der Waals surface area contributed by atoms with Gasteiger partial charge in [-0.1, -0.05) is 23.9 Å². The number of hydrogen-bond acceptors (Lipinski definition) is 4. The van der Waals surface area contributed by atoms with Gasteiger partial charge in [-0.3, -0.25) is 9.20 Å². The zero-order valence-electron chi connectivity index (χ0n) is 16.5. The predicted octanol–water partition coefficient (Wildman–Crippen LogP) is 4.30. The molecule has 1 atom stereocenters. The fourth-order valence-electron chi connectivity index (χ4n) is 4.03. The molecule has 0 saturated carbocycles. The van der Waals surface area contributed by atoms with Gasteiger partial charge < -0.3 is 4.90 Å². The zero-order valence-corrected chi connectivity index (χ0v) is 17.3. The number of pyridine rings is 1. The monoisotopic (exact) mass is 382 g/mol. The molecule has 0 spiro atoms. The Bertz CT molecular complexity index is 1030. The van der Waals surface area contributed by atoms with Gasteiger partial charge in [0.1, 0.15) is 0 Å². The number of piperidine rings is 1. The van der Waals surface area contributed by atoms with Crippen molar-refractivity contribution in [3.05, 3.63) is 34.9 Å². The van der Waals surface area contributed by atoms with E-state index in [2.05, 4.69) is 60.5 Å². The molecule has 1 aliphatic rings. The van der Waals surface area contributed by atoms with E-state index < -0.39 is 0 Å². The smallest absolute Gasteiger partial charge is 0.233 e. The van der Waals surface area contributed by atoms with E-state index in [4.69, 9.17) is 0 Å². The van der Waals surface area contributed by atoms with Crippen molar-refractivity contribution in [2.75, 3.05) is 12.3 Å². The third-order valence-corrected chi connectivity index (χ3v) is 6.68. The van der Waals surface area contributed by atoms with Crippen LogP contribution < -0.4 is 0 Å². The Morgan fingerprint density at radius 1 is 1.19 bits per heavy atom. The standard InChI is InChI=1S/C21H26N4OS/c1-13-8-9-17-11-14(2)20-22-23-21(25(20)19(17)16(13)4)27-12-18(26)24-10-6-5-7-15(24)3/h8-9,11,15H,5-7,10,12H2,1-4H3. The number of fused-ring (bicyclic) bond motifs is 3. The summed E-state index contributed by atoms with van der Waals surface area (Å²) < 4.78 is 2.13. The molecule has 1 amide bonds. The molecule has 5 nitrogen and oxygen atoms in total. The van der Waals surface area contributed by atoms with Crippen molar-refractivity contribution in [1.82, 2.24) is 19.5 Å². The fraction of sp³-hybridized carbons (Fsp3) is 0.476. The van der Waals surface area contributed by atoms with Crippen LogP contribution in [0.2, 0.25) is 0 Å². The van der Waals surface area contributed by atoms with Crippen molar-refractivity contribution < 1.29 is 4.79 Å². The predicted molar refractivity (Wildman–Crippen MR) is 110 cm³/mol. The van der Waals surface area contributed by atoms with Gasteiger partial charge >= 0.3 is 0 Å². The third-order valence-electron chi connectivity index (χ3n) is 5.76. The SMILES string of the molecule is Cc1ccc2cc(C)c3nnc(SCC(=O)N4CCCCC4C)n3c2c1C. The van der Waals surface area contributed by atoms with Gasteiger partial charge in [-0.15, -0.1) is 10.2 Å². The van der Waals surface area contributed by atoms with Gasteiger partial charge in [-0.25, -0.2) is 0 Å². The van der Waals surface area contributed by atoms with Gasteiger partial charge in [-0.2, -0.15) is 0 Å². The van der Waals surface area contributed by atoms with Gasteiger partial charge in [-0.05, 0) is 75.1 Å². The van der Waals surface area contributed by atoms with Crippen LogP contribution in [-0.2, 0) is 4.79 Å². The number of carbonyl (C=O) groups excluding carboxylic acids is 1. The first-order valence-electron chi connectivity index (χ1n) is 9.64. The Kier molecular flexibility index (Phi) is 4.84. The van der Waals surface area contributed by atoms with Gasteiger partial charge in [0, 0.05) is 12.6 Å². The molecule has 1 aliphatic heterocycles. The first-order valence-corrected chi connectivity index (χ1v) is 10.6. The van der Waals surface area contributed by atoms with E-state index in [1.54, 1.807) is 0 Å². The van der Waals surface area contributed by atoms with Gasteiger partial charge in [0.2, 0.25) is 5.91 Å². The highest BCUT2D eigenvalue weighted by Gasteiger charge is 2.24. The summed E-state index contributed by atoms with van der Waals surface area (Å²) in [6.07, 6.45) is 3.43. The summed E-state index contributed by atoms with van der Waals surface area (Å²) in [6, 6.07) is 6.82. The minimum absolute atomic E-state index is 0.203. The maximum Gasteiger partial charge on any atom is 0.233 e. The third kappa shape index (κ3) is 3.20. The minimum Gasteiger partial charge on any atom is -0.339 e. The van der Waals surface area contributed by atoms with Crippen LogP contribution in [0.15, 0.2) is 23.4 Å². The van der Waals surface area contributed by atoms with Gasteiger partial charge in [0.15, 0.2) is 10.8 Å². The highest BCUT2D eigenvalue weighted by Crippen LogP contribution is 2.29. The maximum absolute atomic E-state index is 12.7. The highest BCUT2D eigenvalue weighted by atomic mass is 32.2. The molecule has 0 bridgehead atoms. The Balaban J connectivity index is 1.70. The van der Waals surface area contributed by atoms with Crippen molar-refractivity contribution in [3.63, 3.8) is 0 Å². The minimum atomic E-state index is 0.203. The number of rotatable bonds is 3. The summed E-state index contributed by atoms with van der Waals surface area (Å²) in [6.45, 7) is 9.35. The molecule has 1 aromatic carbocycles. The molecule has 1 unspecified atom stereocenters. The molecule has 142 valence electrons. The second-order valence-electron chi connectivity index (χ2n) is 7.63. The first kappa shape index (κ1) is 18.3. The lowest BCUT2D eigenvalue weighted by molar-refractivity contribution is -0.131. The van der Waals surface area contributed by atoms with Gasteiger partial charge in [0.05, 0.1) is 11.3 Å². The summed E-state index contributed by atoms with van der Waals surface area (Å²) in [5, 5.41) is 10.8. The highest BCUT2D eigenvalue weighted by molar-refractivity contribution is 7.99. The van der Waals surface area contributed by atoms with E-state index in [0.717, 1.165) is 41.3 Å². The normalized spacial score (nSPS) is 17.8. The van der Waals surface area contributed by atoms with E-state index in [9.17, 15) is 4.79 Å². The number of carbonyl (C=O) groups is 1. The average molecular weight is 383 g/mol. The van der Waals surface area contributed by atoms with Crippen molar-refractivity contribution >= 4 is 34.2 Å². The largest absolute Gasteiger partial charge is 0.339 e. The summed E-state index contributed by atoms with van der Waals surface area (Å²) in [5.41, 5.74) is 5.59. The summed E-state index contributed by atoms with van der Waals surface area (Å²) in [7, 11) is 0. The Labute approximate surface area is 164 Å². The number of aryl methyl sites for hydroxylation is 3. The van der Waals surface area contributed by atoms with E-state index in [0.29, 0.717) is 11.8 Å². The lowest BCUT2D eigenvalue weighted by Gasteiger charge is -2.33. The fourth-order valence-corrected chi connectivity index (χ4v) is 4.86. The van der Waals surface area contributed by atoms with Crippen LogP contribution in [-0.4, -0.2) is 43.7 Å². The van der Waals surface area contributed by atoms with Crippen LogP contribution in [0, 0.1) is 20.8 Å². The van der Waals surface area contributed by atoms with Crippen molar-refractivity contribution in [2.45, 2.75) is 58.2 Å². The summed E-state index contributed by atoms with van der Waals surface area (Å²) in [4.78, 5) is 14.8. The number of hydrogen-bond donors (Lipinski definition) is 0. The second kappa shape index (κ2) is 7.15. The molecule has 4 rings (SSSR count). The molecule has 2 aromatic heterocycles. The molecular formula is C21H26N4OS. The van der Waals surface area contributed by atoms with Crippen molar-refractivity contribution in [3.8, 4) is 0 Å². The zero-order chi connectivity index (χ0) is 19.1. The molecule has 1 fully saturated rings. The van der Waals surface area contributed by atoms with Crippen LogP contribution >= 0.6 is 11.8 Å². The molecule has 0 aliphatic carbocycles. The molecule has 0 N–H and O–H groups in total. The molecule has 6 heteroatoms. The topological polar surface area (TPSA) is 50.5 Å². The first-order chi connectivity index (χ1) is 13.0. The van der Waals surface area contributed by atoms with E-state index in [1.165, 1.54) is 34.7 Å². The molecule has 27 heavy (non-hydrogen) atoms. The lowest BCUT2D eigenvalue weighted by Crippen LogP contribution is -2.42. The van der Waals surface area contributed by atoms with Crippen LogP contribution in [0.4, 0.5) is 0 Å². The Morgan fingerprint density at radius 3 is 2.78 bits per heavy atom. The van der Waals surface area contributed by atoms with Crippen molar-refractivity contribution in [1.29, 1.82) is 0 Å². The molecule has 1 saturated heterocycles. The number of thioether (sulfide) groups is 1. The number of nitrogens with zero attached hydrogens (tertiary/aromatic N) is 4. The van der Waals surface area contributed by atoms with Crippen molar-refractivity contribution in [2.24, 2.45) is 0 Å². The average Bonchev–Trinajstić information content (AvgIpc) is 3.08. The molecule has 3 aromatic rings. The number of amides is 1. The number of aromatic nitrogens is 3. The molecule has 3 heterocycles. The van der Waals surface area contributed by atoms with Crippen LogP contribution in [0.1, 0.15) is 42.9 Å². The summed E-state index contributed by atoms with van der Waals surface area (Å²) >= 11 is 1.50. The van der Waals surface area contributed by atoms with Crippen LogP contribution in [0.25, 0.3) is 16.6 Å². The van der Waals surface area contributed by atoms with Gasteiger partial charge in [0.25, 0.3) is 0 Å².